The highest BCUT2D eigenvalue weighted by atomic mass is 32.2. The molecule has 3 rings (SSSR count). The predicted molar refractivity (Wildman–Crippen MR) is 106 cm³/mol. The molecule has 0 aliphatic carbocycles. The lowest BCUT2D eigenvalue weighted by molar-refractivity contribution is -0.130. The third kappa shape index (κ3) is 3.24. The molecule has 8 nitrogen and oxygen atoms in total. The molecule has 2 aliphatic heterocycles. The number of methoxy groups -OCH3 is 2. The SMILES string of the molecule is C=CCN1c2cc(OC)c(OC)cc2C(C)=C(C(=O)N2CCOCC2)S1(=O)=O. The molecule has 1 aromatic rings. The molecule has 0 saturated carbocycles. The number of hydrogen-bond donors (Lipinski definition) is 0. The van der Waals surface area contributed by atoms with Crippen LogP contribution in [0.15, 0.2) is 29.7 Å². The van der Waals surface area contributed by atoms with E-state index < -0.39 is 15.9 Å². The van der Waals surface area contributed by atoms with Gasteiger partial charge < -0.3 is 19.1 Å². The molecule has 0 unspecified atom stereocenters. The minimum Gasteiger partial charge on any atom is -0.493 e. The van der Waals surface area contributed by atoms with Crippen molar-refractivity contribution in [1.29, 1.82) is 0 Å². The number of rotatable bonds is 5. The number of hydrogen-bond acceptors (Lipinski definition) is 6. The number of ether oxygens (including phenoxy) is 3. The van der Waals surface area contributed by atoms with Crippen molar-refractivity contribution in [3.8, 4) is 11.5 Å². The summed E-state index contributed by atoms with van der Waals surface area (Å²) < 4.78 is 43.9. The van der Waals surface area contributed by atoms with Crippen LogP contribution >= 0.6 is 0 Å². The van der Waals surface area contributed by atoms with Crippen LogP contribution in [0, 0.1) is 0 Å². The lowest BCUT2D eigenvalue weighted by Crippen LogP contribution is -2.46. The Kier molecular flexibility index (Phi) is 5.66. The maximum Gasteiger partial charge on any atom is 0.270 e. The summed E-state index contributed by atoms with van der Waals surface area (Å²) in [7, 11) is -1.08. The first-order valence-corrected chi connectivity index (χ1v) is 10.3. The third-order valence-electron chi connectivity index (χ3n) is 4.85. The molecule has 2 heterocycles. The summed E-state index contributed by atoms with van der Waals surface area (Å²) in [6, 6.07) is 3.30. The Bertz CT molecular complexity index is 932. The summed E-state index contributed by atoms with van der Waals surface area (Å²) in [5.74, 6) is 0.341. The first kappa shape index (κ1) is 20.2. The first-order chi connectivity index (χ1) is 13.4. The van der Waals surface area contributed by atoms with Crippen molar-refractivity contribution < 1.29 is 27.4 Å². The summed E-state index contributed by atoms with van der Waals surface area (Å²) in [5, 5.41) is 0. The molecule has 1 amide bonds. The summed E-state index contributed by atoms with van der Waals surface area (Å²) in [6.45, 7) is 6.80. The average Bonchev–Trinajstić information content (AvgIpc) is 2.70. The first-order valence-electron chi connectivity index (χ1n) is 8.84. The molecule has 0 N–H and O–H groups in total. The maximum absolute atomic E-state index is 13.4. The van der Waals surface area contributed by atoms with Gasteiger partial charge in [-0.2, -0.15) is 0 Å². The van der Waals surface area contributed by atoms with Crippen molar-refractivity contribution in [3.63, 3.8) is 0 Å². The van der Waals surface area contributed by atoms with Gasteiger partial charge in [-0.25, -0.2) is 8.42 Å². The number of carbonyl (C=O) groups excluding carboxylic acids is 1. The van der Waals surface area contributed by atoms with Crippen LogP contribution in [0.3, 0.4) is 0 Å². The van der Waals surface area contributed by atoms with Crippen LogP contribution in [-0.2, 0) is 19.6 Å². The third-order valence-corrected chi connectivity index (χ3v) is 6.77. The molecule has 28 heavy (non-hydrogen) atoms. The molecule has 0 bridgehead atoms. The van der Waals surface area contributed by atoms with Gasteiger partial charge in [0.25, 0.3) is 15.9 Å². The smallest absolute Gasteiger partial charge is 0.270 e. The van der Waals surface area contributed by atoms with E-state index in [4.69, 9.17) is 14.2 Å². The fraction of sp³-hybridized carbons (Fsp3) is 0.421. The number of nitrogens with zero attached hydrogens (tertiary/aromatic N) is 2. The van der Waals surface area contributed by atoms with Crippen molar-refractivity contribution >= 4 is 27.2 Å². The van der Waals surface area contributed by atoms with Gasteiger partial charge >= 0.3 is 0 Å². The summed E-state index contributed by atoms with van der Waals surface area (Å²) in [5.41, 5.74) is 1.41. The zero-order valence-electron chi connectivity index (χ0n) is 16.2. The fourth-order valence-corrected chi connectivity index (χ4v) is 5.20. The number of morpholine rings is 1. The molecule has 0 spiro atoms. The van der Waals surface area contributed by atoms with Crippen LogP contribution in [0.2, 0.25) is 0 Å². The Labute approximate surface area is 165 Å². The Morgan fingerprint density at radius 3 is 2.39 bits per heavy atom. The van der Waals surface area contributed by atoms with Gasteiger partial charge in [-0.15, -0.1) is 6.58 Å². The van der Waals surface area contributed by atoms with Crippen molar-refractivity contribution in [2.75, 3.05) is 51.4 Å². The zero-order valence-corrected chi connectivity index (χ0v) is 17.0. The van der Waals surface area contributed by atoms with Crippen LogP contribution in [0.1, 0.15) is 12.5 Å². The molecular formula is C19H24N2O6S. The van der Waals surface area contributed by atoms with E-state index >= 15 is 0 Å². The lowest BCUT2D eigenvalue weighted by atomic mass is 10.0. The van der Waals surface area contributed by atoms with Crippen LogP contribution < -0.4 is 13.8 Å². The van der Waals surface area contributed by atoms with Gasteiger partial charge in [0.15, 0.2) is 16.4 Å². The number of fused-ring (bicyclic) bond motifs is 1. The van der Waals surface area contributed by atoms with E-state index in [0.29, 0.717) is 54.6 Å². The minimum absolute atomic E-state index is 0.0258. The summed E-state index contributed by atoms with van der Waals surface area (Å²) in [6.07, 6.45) is 1.48. The molecule has 0 atom stereocenters. The highest BCUT2D eigenvalue weighted by Crippen LogP contribution is 2.45. The number of sulfonamides is 1. The Morgan fingerprint density at radius 1 is 1.21 bits per heavy atom. The predicted octanol–water partition coefficient (Wildman–Crippen LogP) is 1.63. The molecule has 152 valence electrons. The lowest BCUT2D eigenvalue weighted by Gasteiger charge is -2.35. The molecule has 1 saturated heterocycles. The van der Waals surface area contributed by atoms with Crippen LogP contribution in [0.5, 0.6) is 11.5 Å². The van der Waals surface area contributed by atoms with Crippen molar-refractivity contribution in [3.05, 3.63) is 35.3 Å². The van der Waals surface area contributed by atoms with Gasteiger partial charge in [0.1, 0.15) is 0 Å². The fourth-order valence-electron chi connectivity index (χ4n) is 3.42. The van der Waals surface area contributed by atoms with Crippen LogP contribution in [-0.4, -0.2) is 66.3 Å². The van der Waals surface area contributed by atoms with E-state index in [2.05, 4.69) is 6.58 Å². The molecule has 1 fully saturated rings. The molecule has 1 aromatic carbocycles. The Balaban J connectivity index is 2.23. The Morgan fingerprint density at radius 2 is 1.82 bits per heavy atom. The van der Waals surface area contributed by atoms with E-state index in [0.717, 1.165) is 0 Å². The van der Waals surface area contributed by atoms with E-state index in [-0.39, 0.29) is 11.4 Å². The second-order valence-electron chi connectivity index (χ2n) is 6.41. The highest BCUT2D eigenvalue weighted by Gasteiger charge is 2.41. The largest absolute Gasteiger partial charge is 0.493 e. The van der Waals surface area contributed by atoms with Gasteiger partial charge in [0.05, 0.1) is 39.7 Å². The number of allylic oxidation sites excluding steroid dienone is 1. The van der Waals surface area contributed by atoms with Gasteiger partial charge in [-0.1, -0.05) is 6.08 Å². The number of amides is 1. The zero-order chi connectivity index (χ0) is 20.5. The van der Waals surface area contributed by atoms with Gasteiger partial charge in [0, 0.05) is 24.7 Å². The Hall–Kier alpha value is -2.52. The maximum atomic E-state index is 13.4. The molecular weight excluding hydrogens is 384 g/mol. The van der Waals surface area contributed by atoms with Gasteiger partial charge in [0.2, 0.25) is 0 Å². The van der Waals surface area contributed by atoms with Gasteiger partial charge in [-0.3, -0.25) is 9.10 Å². The second kappa shape index (κ2) is 7.84. The van der Waals surface area contributed by atoms with E-state index in [1.54, 1.807) is 19.1 Å². The molecule has 2 aliphatic rings. The summed E-state index contributed by atoms with van der Waals surface area (Å²) in [4.78, 5) is 14.4. The molecule has 0 radical (unpaired) electrons. The normalized spacial score (nSPS) is 18.5. The number of benzene rings is 1. The van der Waals surface area contributed by atoms with Crippen molar-refractivity contribution in [1.82, 2.24) is 4.90 Å². The van der Waals surface area contributed by atoms with Crippen LogP contribution in [0.4, 0.5) is 5.69 Å². The van der Waals surface area contributed by atoms with Crippen LogP contribution in [0.25, 0.3) is 5.57 Å². The molecule has 0 aromatic heterocycles. The monoisotopic (exact) mass is 408 g/mol. The topological polar surface area (TPSA) is 85.4 Å². The van der Waals surface area contributed by atoms with E-state index in [1.807, 2.05) is 0 Å². The minimum atomic E-state index is -4.07. The number of carbonyl (C=O) groups is 1. The second-order valence-corrected chi connectivity index (χ2v) is 8.21. The van der Waals surface area contributed by atoms with Crippen molar-refractivity contribution in [2.45, 2.75) is 6.92 Å². The standard InChI is InChI=1S/C19H24N2O6S/c1-5-6-21-15-12-17(26-4)16(25-3)11-14(15)13(2)18(28(21,23)24)19(22)20-7-9-27-10-8-20/h5,11-12H,1,6-10H2,2-4H3. The van der Waals surface area contributed by atoms with Crippen molar-refractivity contribution in [2.24, 2.45) is 0 Å². The highest BCUT2D eigenvalue weighted by molar-refractivity contribution is 7.97. The quantitative estimate of drug-likeness (QED) is 0.689. The average molecular weight is 408 g/mol. The van der Waals surface area contributed by atoms with E-state index in [9.17, 15) is 13.2 Å². The van der Waals surface area contributed by atoms with E-state index in [1.165, 1.54) is 29.5 Å². The molecule has 9 heteroatoms. The van der Waals surface area contributed by atoms with Gasteiger partial charge in [-0.05, 0) is 18.6 Å². The summed E-state index contributed by atoms with van der Waals surface area (Å²) >= 11 is 0. The number of anilines is 1.